The Morgan fingerprint density at radius 1 is 0.607 bits per heavy atom. The Hall–Kier alpha value is -1.20. The molecule has 0 saturated carbocycles. The normalized spacial score (nSPS) is 32.9. The molecule has 4 heteroatoms. The number of hydrogen-bond acceptors (Lipinski definition) is 4. The molecule has 0 aliphatic heterocycles. The van der Waals surface area contributed by atoms with Crippen molar-refractivity contribution >= 4 is 0 Å². The highest BCUT2D eigenvalue weighted by atomic mass is 16.5. The fourth-order valence-corrected chi connectivity index (χ4v) is 4.21. The van der Waals surface area contributed by atoms with Crippen molar-refractivity contribution in [1.29, 1.82) is 0 Å². The molecule has 0 heterocycles. The van der Waals surface area contributed by atoms with Gasteiger partial charge < -0.3 is 20.4 Å². The highest BCUT2D eigenvalue weighted by Gasteiger charge is 2.56. The van der Waals surface area contributed by atoms with Crippen LogP contribution >= 0.6 is 0 Å². The molecule has 0 aromatic carbocycles. The molecule has 2 aliphatic rings. The van der Waals surface area contributed by atoms with Crippen LogP contribution < -0.4 is 0 Å². The first-order valence-electron chi connectivity index (χ1n) is 9.95. The van der Waals surface area contributed by atoms with Gasteiger partial charge in [0.05, 0.1) is 0 Å². The maximum absolute atomic E-state index is 10.9. The van der Waals surface area contributed by atoms with Gasteiger partial charge in [0.1, 0.15) is 0 Å². The van der Waals surface area contributed by atoms with E-state index in [1.54, 1.807) is 26.0 Å². The fraction of sp³-hybridized carbons (Fsp3) is 0.667. The zero-order valence-corrected chi connectivity index (χ0v) is 19.1. The molecule has 2 atom stereocenters. The van der Waals surface area contributed by atoms with E-state index in [-0.39, 0.29) is 0 Å². The second-order valence-corrected chi connectivity index (χ2v) is 11.1. The lowest BCUT2D eigenvalue weighted by molar-refractivity contribution is -0.224. The first-order chi connectivity index (χ1) is 12.2. The van der Waals surface area contributed by atoms with Crippen molar-refractivity contribution in [2.75, 3.05) is 0 Å². The topological polar surface area (TPSA) is 80.9 Å². The summed E-state index contributed by atoms with van der Waals surface area (Å²) in [6.45, 7) is 19.1. The predicted octanol–water partition coefficient (Wildman–Crippen LogP) is 4.23. The van der Waals surface area contributed by atoms with Crippen molar-refractivity contribution in [3.05, 3.63) is 46.6 Å². The number of allylic oxidation sites excluding steroid dienone is 4. The van der Waals surface area contributed by atoms with Gasteiger partial charge in [0, 0.05) is 10.8 Å². The maximum Gasteiger partial charge on any atom is 0.195 e. The minimum Gasteiger partial charge on any atom is -0.361 e. The summed E-state index contributed by atoms with van der Waals surface area (Å²) in [5.41, 5.74) is -0.0395. The zero-order chi connectivity index (χ0) is 22.1. The molecule has 4 nitrogen and oxygen atoms in total. The van der Waals surface area contributed by atoms with Gasteiger partial charge in [-0.1, -0.05) is 79.7 Å². The summed E-state index contributed by atoms with van der Waals surface area (Å²) in [6.07, 6.45) is 7.41. The lowest BCUT2D eigenvalue weighted by Gasteiger charge is -2.52. The van der Waals surface area contributed by atoms with Crippen LogP contribution in [0.15, 0.2) is 46.6 Å². The monoisotopic (exact) mass is 390 g/mol. The molecule has 0 bridgehead atoms. The van der Waals surface area contributed by atoms with Gasteiger partial charge in [-0.05, 0) is 47.0 Å². The van der Waals surface area contributed by atoms with Gasteiger partial charge in [-0.15, -0.1) is 0 Å². The predicted molar refractivity (Wildman–Crippen MR) is 113 cm³/mol. The molecule has 0 radical (unpaired) electrons. The van der Waals surface area contributed by atoms with E-state index in [1.807, 2.05) is 67.5 Å². The van der Waals surface area contributed by atoms with Gasteiger partial charge in [-0.2, -0.15) is 0 Å². The van der Waals surface area contributed by atoms with Gasteiger partial charge >= 0.3 is 0 Å². The summed E-state index contributed by atoms with van der Waals surface area (Å²) in [4.78, 5) is 0. The molecule has 0 fully saturated rings. The quantitative estimate of drug-likeness (QED) is 0.505. The Balaban J connectivity index is 2.77. The average Bonchev–Trinajstić information content (AvgIpc) is 2.48. The van der Waals surface area contributed by atoms with Crippen LogP contribution in [0.5, 0.6) is 0 Å². The average molecular weight is 391 g/mol. The molecule has 0 amide bonds. The molecular weight excluding hydrogens is 352 g/mol. The molecule has 0 aromatic heterocycles. The molecule has 28 heavy (non-hydrogen) atoms. The Kier molecular flexibility index (Phi) is 5.07. The lowest BCUT2D eigenvalue weighted by atomic mass is 9.56. The first-order valence-corrected chi connectivity index (χ1v) is 9.95. The molecule has 2 unspecified atom stereocenters. The van der Waals surface area contributed by atoms with Gasteiger partial charge in [0.15, 0.2) is 11.6 Å². The third-order valence-electron chi connectivity index (χ3n) is 7.63. The van der Waals surface area contributed by atoms with Crippen LogP contribution in [0.25, 0.3) is 0 Å². The van der Waals surface area contributed by atoms with Crippen molar-refractivity contribution in [2.45, 2.75) is 80.8 Å². The molecule has 0 aromatic rings. The molecule has 2 rings (SSSR count). The summed E-state index contributed by atoms with van der Waals surface area (Å²) < 4.78 is 0. The highest BCUT2D eigenvalue weighted by Crippen LogP contribution is 2.56. The van der Waals surface area contributed by atoms with Crippen molar-refractivity contribution in [3.8, 4) is 0 Å². The van der Waals surface area contributed by atoms with Gasteiger partial charge in [0.2, 0.25) is 0 Å². The van der Waals surface area contributed by atoms with E-state index in [0.29, 0.717) is 11.1 Å². The molecular formula is C24H38O4. The summed E-state index contributed by atoms with van der Waals surface area (Å²) in [5.74, 6) is -3.93. The van der Waals surface area contributed by atoms with E-state index in [4.69, 9.17) is 0 Å². The second-order valence-electron chi connectivity index (χ2n) is 11.1. The largest absolute Gasteiger partial charge is 0.361 e. The Morgan fingerprint density at radius 2 is 0.857 bits per heavy atom. The van der Waals surface area contributed by atoms with E-state index >= 15 is 0 Å². The van der Waals surface area contributed by atoms with Crippen molar-refractivity contribution in [3.63, 3.8) is 0 Å². The van der Waals surface area contributed by atoms with E-state index in [0.717, 1.165) is 11.1 Å². The Morgan fingerprint density at radius 3 is 1.07 bits per heavy atom. The summed E-state index contributed by atoms with van der Waals surface area (Å²) in [6, 6.07) is 0. The van der Waals surface area contributed by atoms with E-state index in [1.165, 1.54) is 0 Å². The summed E-state index contributed by atoms with van der Waals surface area (Å²) >= 11 is 0. The maximum atomic E-state index is 10.9. The molecule has 158 valence electrons. The van der Waals surface area contributed by atoms with E-state index in [2.05, 4.69) is 0 Å². The minimum atomic E-state index is -1.96. The Labute approximate surface area is 170 Å². The fourth-order valence-electron chi connectivity index (χ4n) is 4.21. The molecule has 0 spiro atoms. The van der Waals surface area contributed by atoms with Gasteiger partial charge in [-0.25, -0.2) is 0 Å². The van der Waals surface area contributed by atoms with Crippen LogP contribution in [0.4, 0.5) is 0 Å². The van der Waals surface area contributed by atoms with E-state index < -0.39 is 33.2 Å². The Bertz CT molecular complexity index is 725. The van der Waals surface area contributed by atoms with Crippen LogP contribution in [0.3, 0.4) is 0 Å². The van der Waals surface area contributed by atoms with Crippen molar-refractivity contribution < 1.29 is 20.4 Å². The highest BCUT2D eigenvalue weighted by molar-refractivity contribution is 5.56. The second kappa shape index (κ2) is 6.15. The standard InChI is InChI=1S/C24H38O4/c1-15-11-17(13-21(9,19(3,4)5)23(15,25)26)18-12-16(2)24(27,28)22(10,14-18)20(6,7)8/h11-14,25-28H,1-10H3. The van der Waals surface area contributed by atoms with Gasteiger partial charge in [-0.3, -0.25) is 0 Å². The van der Waals surface area contributed by atoms with Crippen LogP contribution in [0.2, 0.25) is 0 Å². The minimum absolute atomic E-state index is 0.420. The summed E-state index contributed by atoms with van der Waals surface area (Å²) in [5, 5.41) is 43.6. The smallest absolute Gasteiger partial charge is 0.195 e. The van der Waals surface area contributed by atoms with Crippen LogP contribution in [-0.4, -0.2) is 32.0 Å². The number of rotatable bonds is 1. The first kappa shape index (κ1) is 23.1. The van der Waals surface area contributed by atoms with Crippen LogP contribution in [0, 0.1) is 21.7 Å². The SMILES string of the molecule is CC1=CC(C2=CC(C)(C(C)(C)C)C(O)(O)C(C)=C2)=CC(C)(C(C)(C)C)C1(O)O. The zero-order valence-electron chi connectivity index (χ0n) is 19.1. The van der Waals surface area contributed by atoms with E-state index in [9.17, 15) is 20.4 Å². The van der Waals surface area contributed by atoms with Crippen LogP contribution in [-0.2, 0) is 0 Å². The van der Waals surface area contributed by atoms with Crippen molar-refractivity contribution in [1.82, 2.24) is 0 Å². The molecule has 0 saturated heterocycles. The summed E-state index contributed by atoms with van der Waals surface area (Å²) in [7, 11) is 0. The number of hydrogen-bond donors (Lipinski definition) is 4. The third-order valence-corrected chi connectivity index (χ3v) is 7.63. The van der Waals surface area contributed by atoms with Crippen molar-refractivity contribution in [2.24, 2.45) is 21.7 Å². The molecule has 4 N–H and O–H groups in total. The third kappa shape index (κ3) is 2.97. The lowest BCUT2D eigenvalue weighted by Crippen LogP contribution is -2.55. The number of aliphatic hydroxyl groups is 4. The van der Waals surface area contributed by atoms with Gasteiger partial charge in [0.25, 0.3) is 0 Å². The van der Waals surface area contributed by atoms with Crippen LogP contribution in [0.1, 0.15) is 69.2 Å². The molecule has 2 aliphatic carbocycles.